The second-order valence-corrected chi connectivity index (χ2v) is 11.6. The van der Waals surface area contributed by atoms with Crippen LogP contribution in [0.5, 0.6) is 11.5 Å². The molecule has 1 fully saturated rings. The van der Waals surface area contributed by atoms with Gasteiger partial charge in [0.15, 0.2) is 5.75 Å². The lowest BCUT2D eigenvalue weighted by Gasteiger charge is -2.25. The molecule has 8 heteroatoms. The van der Waals surface area contributed by atoms with E-state index in [2.05, 4.69) is 5.32 Å². The van der Waals surface area contributed by atoms with Gasteiger partial charge in [0, 0.05) is 17.1 Å². The van der Waals surface area contributed by atoms with E-state index in [9.17, 15) is 13.2 Å². The summed E-state index contributed by atoms with van der Waals surface area (Å²) in [5, 5.41) is 3.43. The van der Waals surface area contributed by atoms with Gasteiger partial charge in [-0.15, -0.1) is 0 Å². The minimum atomic E-state index is -3.68. The minimum absolute atomic E-state index is 0.0638. The molecule has 0 radical (unpaired) electrons. The maximum absolute atomic E-state index is 12.8. The summed E-state index contributed by atoms with van der Waals surface area (Å²) in [7, 11) is -3.68. The molecule has 0 aromatic heterocycles. The SMILES string of the molecule is CS(=O)(=O)N(Cc1ccc(C(=O)NCC2CCCCC2)cc1)c1cc(Cl)ccc1Oc1ccccc1. The molecule has 190 valence electrons. The number of carbonyl (C=O) groups is 1. The number of para-hydroxylation sites is 1. The predicted molar refractivity (Wildman–Crippen MR) is 144 cm³/mol. The van der Waals surface area contributed by atoms with Crippen molar-refractivity contribution < 1.29 is 17.9 Å². The van der Waals surface area contributed by atoms with Gasteiger partial charge in [0.05, 0.1) is 18.5 Å². The number of nitrogens with zero attached hydrogens (tertiary/aromatic N) is 1. The Morgan fingerprint density at radius 1 is 1.00 bits per heavy atom. The Balaban J connectivity index is 1.51. The van der Waals surface area contributed by atoms with E-state index >= 15 is 0 Å². The number of benzene rings is 3. The number of amides is 1. The number of rotatable bonds is 9. The van der Waals surface area contributed by atoms with Gasteiger partial charge in [-0.3, -0.25) is 9.10 Å². The van der Waals surface area contributed by atoms with Gasteiger partial charge in [-0.2, -0.15) is 0 Å². The van der Waals surface area contributed by atoms with Crippen molar-refractivity contribution in [2.45, 2.75) is 38.6 Å². The monoisotopic (exact) mass is 526 g/mol. The highest BCUT2D eigenvalue weighted by molar-refractivity contribution is 7.92. The maximum Gasteiger partial charge on any atom is 0.251 e. The van der Waals surface area contributed by atoms with E-state index in [1.165, 1.54) is 36.4 Å². The first-order chi connectivity index (χ1) is 17.3. The van der Waals surface area contributed by atoms with E-state index in [0.29, 0.717) is 40.2 Å². The summed E-state index contributed by atoms with van der Waals surface area (Å²) in [6, 6.07) is 21.0. The molecule has 3 aromatic rings. The molecule has 1 saturated carbocycles. The molecule has 0 bridgehead atoms. The number of hydrogen-bond donors (Lipinski definition) is 1. The van der Waals surface area contributed by atoms with Gasteiger partial charge in [-0.1, -0.05) is 61.2 Å². The minimum Gasteiger partial charge on any atom is -0.455 e. The molecular weight excluding hydrogens is 496 g/mol. The molecule has 0 atom stereocenters. The summed E-state index contributed by atoms with van der Waals surface area (Å²) in [6.07, 6.45) is 7.23. The zero-order valence-electron chi connectivity index (χ0n) is 20.3. The molecule has 1 aliphatic carbocycles. The zero-order valence-corrected chi connectivity index (χ0v) is 21.9. The van der Waals surface area contributed by atoms with E-state index < -0.39 is 10.0 Å². The molecule has 36 heavy (non-hydrogen) atoms. The smallest absolute Gasteiger partial charge is 0.251 e. The van der Waals surface area contributed by atoms with Crippen LogP contribution in [0.2, 0.25) is 5.02 Å². The average Bonchev–Trinajstić information content (AvgIpc) is 2.88. The fourth-order valence-corrected chi connectivity index (χ4v) is 5.48. The van der Waals surface area contributed by atoms with Crippen LogP contribution in [0.15, 0.2) is 72.8 Å². The van der Waals surface area contributed by atoms with Crippen molar-refractivity contribution in [1.29, 1.82) is 0 Å². The van der Waals surface area contributed by atoms with Crippen LogP contribution >= 0.6 is 11.6 Å². The molecule has 4 rings (SSSR count). The van der Waals surface area contributed by atoms with Crippen LogP contribution in [0.3, 0.4) is 0 Å². The number of halogens is 1. The largest absolute Gasteiger partial charge is 0.455 e. The van der Waals surface area contributed by atoms with Crippen molar-refractivity contribution in [1.82, 2.24) is 5.32 Å². The molecule has 0 unspecified atom stereocenters. The predicted octanol–water partition coefficient (Wildman–Crippen LogP) is 6.41. The lowest BCUT2D eigenvalue weighted by atomic mass is 9.89. The summed E-state index contributed by atoms with van der Waals surface area (Å²) in [5.41, 5.74) is 1.62. The zero-order chi connectivity index (χ0) is 25.5. The molecule has 3 aromatic carbocycles. The first kappa shape index (κ1) is 26.0. The van der Waals surface area contributed by atoms with Crippen molar-refractivity contribution in [3.05, 3.63) is 88.9 Å². The third-order valence-corrected chi connectivity index (χ3v) is 7.74. The Hall–Kier alpha value is -3.03. The normalized spacial score (nSPS) is 14.3. The Bertz CT molecular complexity index is 1270. The van der Waals surface area contributed by atoms with Crippen LogP contribution in [-0.4, -0.2) is 27.1 Å². The molecular formula is C28H31ClN2O4S. The highest BCUT2D eigenvalue weighted by Crippen LogP contribution is 2.37. The molecule has 0 aliphatic heterocycles. The van der Waals surface area contributed by atoms with Crippen LogP contribution in [-0.2, 0) is 16.6 Å². The van der Waals surface area contributed by atoms with Gasteiger partial charge >= 0.3 is 0 Å². The molecule has 0 saturated heterocycles. The van der Waals surface area contributed by atoms with Crippen molar-refractivity contribution in [2.24, 2.45) is 5.92 Å². The Morgan fingerprint density at radius 3 is 2.36 bits per heavy atom. The van der Waals surface area contributed by atoms with Crippen molar-refractivity contribution >= 4 is 33.2 Å². The molecule has 1 aliphatic rings. The second kappa shape index (κ2) is 11.8. The van der Waals surface area contributed by atoms with Crippen LogP contribution in [0.25, 0.3) is 0 Å². The molecule has 0 spiro atoms. The van der Waals surface area contributed by atoms with Crippen molar-refractivity contribution in [2.75, 3.05) is 17.1 Å². The Morgan fingerprint density at radius 2 is 1.69 bits per heavy atom. The van der Waals surface area contributed by atoms with Gasteiger partial charge in [-0.25, -0.2) is 8.42 Å². The van der Waals surface area contributed by atoms with Crippen molar-refractivity contribution in [3.63, 3.8) is 0 Å². The first-order valence-corrected chi connectivity index (χ1v) is 14.4. The molecule has 6 nitrogen and oxygen atoms in total. The summed E-state index contributed by atoms with van der Waals surface area (Å²) in [5.74, 6) is 1.39. The lowest BCUT2D eigenvalue weighted by Crippen LogP contribution is -2.30. The quantitative estimate of drug-likeness (QED) is 0.349. The number of anilines is 1. The fraction of sp³-hybridized carbons (Fsp3) is 0.321. The van der Waals surface area contributed by atoms with Crippen LogP contribution < -0.4 is 14.4 Å². The number of ether oxygens (including phenoxy) is 1. The van der Waals surface area contributed by atoms with Gasteiger partial charge in [-0.05, 0) is 66.8 Å². The van der Waals surface area contributed by atoms with Gasteiger partial charge in [0.2, 0.25) is 10.0 Å². The Labute approximate surface area is 218 Å². The second-order valence-electron chi connectivity index (χ2n) is 9.21. The van der Waals surface area contributed by atoms with E-state index in [4.69, 9.17) is 16.3 Å². The highest BCUT2D eigenvalue weighted by Gasteiger charge is 2.23. The third kappa shape index (κ3) is 7.02. The summed E-state index contributed by atoms with van der Waals surface area (Å²) in [6.45, 7) is 0.760. The highest BCUT2D eigenvalue weighted by atomic mass is 35.5. The van der Waals surface area contributed by atoms with E-state index in [0.717, 1.165) is 11.8 Å². The molecule has 1 amide bonds. The Kier molecular flexibility index (Phi) is 8.54. The topological polar surface area (TPSA) is 75.7 Å². The number of nitrogens with one attached hydrogen (secondary N) is 1. The van der Waals surface area contributed by atoms with Crippen LogP contribution in [0, 0.1) is 5.92 Å². The van der Waals surface area contributed by atoms with Gasteiger partial charge in [0.25, 0.3) is 5.91 Å². The summed E-state index contributed by atoms with van der Waals surface area (Å²) in [4.78, 5) is 12.6. The van der Waals surface area contributed by atoms with Gasteiger partial charge in [0.1, 0.15) is 5.75 Å². The van der Waals surface area contributed by atoms with E-state index in [1.54, 1.807) is 54.6 Å². The number of hydrogen-bond acceptors (Lipinski definition) is 4. The number of carbonyl (C=O) groups excluding carboxylic acids is 1. The van der Waals surface area contributed by atoms with Crippen molar-refractivity contribution in [3.8, 4) is 11.5 Å². The summed E-state index contributed by atoms with van der Waals surface area (Å²) < 4.78 is 32.9. The van der Waals surface area contributed by atoms with Crippen LogP contribution in [0.4, 0.5) is 5.69 Å². The maximum atomic E-state index is 12.8. The van der Waals surface area contributed by atoms with E-state index in [1.807, 2.05) is 18.2 Å². The summed E-state index contributed by atoms with van der Waals surface area (Å²) >= 11 is 6.24. The third-order valence-electron chi connectivity index (χ3n) is 6.38. The lowest BCUT2D eigenvalue weighted by molar-refractivity contribution is 0.0943. The molecule has 1 N–H and O–H groups in total. The average molecular weight is 527 g/mol. The van der Waals surface area contributed by atoms with Crippen LogP contribution in [0.1, 0.15) is 48.0 Å². The molecule has 0 heterocycles. The fourth-order valence-electron chi connectivity index (χ4n) is 4.43. The van der Waals surface area contributed by atoms with E-state index in [-0.39, 0.29) is 12.5 Å². The number of sulfonamides is 1. The first-order valence-electron chi connectivity index (χ1n) is 12.2. The van der Waals surface area contributed by atoms with Gasteiger partial charge < -0.3 is 10.1 Å². The standard InChI is InChI=1S/C28H31ClN2O4S/c1-36(33,34)31(26-18-24(29)16-17-27(26)35-25-10-6-3-7-11-25)20-22-12-14-23(15-13-22)28(32)30-19-21-8-4-2-5-9-21/h3,6-7,10-18,21H,2,4-5,8-9,19-20H2,1H3,(H,30,32).